The Balaban J connectivity index is 2.12. The highest BCUT2D eigenvalue weighted by Crippen LogP contribution is 2.20. The molecule has 0 atom stereocenters. The molecule has 0 fully saturated rings. The zero-order chi connectivity index (χ0) is 13.4. The second-order valence-corrected chi connectivity index (χ2v) is 6.03. The van der Waals surface area contributed by atoms with Gasteiger partial charge in [-0.2, -0.15) is 0 Å². The van der Waals surface area contributed by atoms with Gasteiger partial charge in [0.25, 0.3) is 0 Å². The summed E-state index contributed by atoms with van der Waals surface area (Å²) < 4.78 is 6.61. The fourth-order valence-electron chi connectivity index (χ4n) is 1.52. The Labute approximate surface area is 123 Å². The summed E-state index contributed by atoms with van der Waals surface area (Å²) in [5.74, 6) is 0.611. The van der Waals surface area contributed by atoms with Crippen LogP contribution in [-0.4, -0.2) is 19.8 Å². The van der Waals surface area contributed by atoms with E-state index in [1.807, 2.05) is 18.2 Å². The van der Waals surface area contributed by atoms with Gasteiger partial charge >= 0.3 is 0 Å². The van der Waals surface area contributed by atoms with E-state index < -0.39 is 0 Å². The molecule has 1 rings (SSSR count). The summed E-state index contributed by atoms with van der Waals surface area (Å²) in [7, 11) is 0. The van der Waals surface area contributed by atoms with Gasteiger partial charge in [0, 0.05) is 29.3 Å². The maximum atomic E-state index is 5.96. The predicted molar refractivity (Wildman–Crippen MR) is 81.1 cm³/mol. The Morgan fingerprint density at radius 1 is 1.39 bits per heavy atom. The van der Waals surface area contributed by atoms with Gasteiger partial charge in [0.05, 0.1) is 0 Å². The topological polar surface area (TPSA) is 21.3 Å². The molecule has 2 nitrogen and oxygen atoms in total. The van der Waals surface area contributed by atoms with Gasteiger partial charge < -0.3 is 10.1 Å². The van der Waals surface area contributed by atoms with Crippen molar-refractivity contribution in [2.24, 2.45) is 5.92 Å². The minimum Gasteiger partial charge on any atom is -0.381 e. The number of halogens is 2. The summed E-state index contributed by atoms with van der Waals surface area (Å²) in [4.78, 5) is 0. The molecule has 0 saturated carbocycles. The third-order valence-electron chi connectivity index (χ3n) is 2.42. The van der Waals surface area contributed by atoms with E-state index in [2.05, 4.69) is 35.1 Å². The highest BCUT2D eigenvalue weighted by Gasteiger charge is 2.00. The van der Waals surface area contributed by atoms with Gasteiger partial charge in [0.2, 0.25) is 0 Å². The highest BCUT2D eigenvalue weighted by atomic mass is 79.9. The van der Waals surface area contributed by atoms with E-state index >= 15 is 0 Å². The van der Waals surface area contributed by atoms with Crippen molar-refractivity contribution in [2.75, 3.05) is 19.8 Å². The van der Waals surface area contributed by atoms with Crippen LogP contribution < -0.4 is 5.32 Å². The quantitative estimate of drug-likeness (QED) is 0.717. The average Bonchev–Trinajstić information content (AvgIpc) is 2.32. The van der Waals surface area contributed by atoms with Crippen LogP contribution in [0.25, 0.3) is 0 Å². The van der Waals surface area contributed by atoms with Gasteiger partial charge in [-0.3, -0.25) is 0 Å². The van der Waals surface area contributed by atoms with Gasteiger partial charge in [-0.05, 0) is 42.6 Å². The SMILES string of the molecule is CC(C)COCCCNCc1cc(Cl)ccc1Br. The number of nitrogens with one attached hydrogen (secondary N) is 1. The first-order valence-electron chi connectivity index (χ1n) is 6.32. The van der Waals surface area contributed by atoms with E-state index in [9.17, 15) is 0 Å². The second-order valence-electron chi connectivity index (χ2n) is 4.73. The van der Waals surface area contributed by atoms with Crippen molar-refractivity contribution in [3.63, 3.8) is 0 Å². The Bertz CT molecular complexity index is 358. The molecule has 0 aliphatic rings. The van der Waals surface area contributed by atoms with Crippen LogP contribution in [0.5, 0.6) is 0 Å². The fourth-order valence-corrected chi connectivity index (χ4v) is 2.10. The molecule has 1 N–H and O–H groups in total. The van der Waals surface area contributed by atoms with Gasteiger partial charge in [-0.25, -0.2) is 0 Å². The Morgan fingerprint density at radius 2 is 2.17 bits per heavy atom. The van der Waals surface area contributed by atoms with Crippen LogP contribution in [0.1, 0.15) is 25.8 Å². The van der Waals surface area contributed by atoms with Crippen molar-refractivity contribution in [1.82, 2.24) is 5.32 Å². The van der Waals surface area contributed by atoms with Crippen molar-refractivity contribution in [2.45, 2.75) is 26.8 Å². The van der Waals surface area contributed by atoms with Gasteiger partial charge in [-0.15, -0.1) is 0 Å². The lowest BCUT2D eigenvalue weighted by Gasteiger charge is -2.09. The molecule has 0 heterocycles. The van der Waals surface area contributed by atoms with E-state index in [1.54, 1.807) is 0 Å². The highest BCUT2D eigenvalue weighted by molar-refractivity contribution is 9.10. The van der Waals surface area contributed by atoms with Crippen molar-refractivity contribution in [3.05, 3.63) is 33.3 Å². The lowest BCUT2D eigenvalue weighted by molar-refractivity contribution is 0.108. The van der Waals surface area contributed by atoms with Crippen LogP contribution >= 0.6 is 27.5 Å². The zero-order valence-electron chi connectivity index (χ0n) is 11.0. The third kappa shape index (κ3) is 6.74. The van der Waals surface area contributed by atoms with E-state index in [4.69, 9.17) is 16.3 Å². The number of benzene rings is 1. The Morgan fingerprint density at radius 3 is 2.89 bits per heavy atom. The first kappa shape index (κ1) is 16.0. The minimum absolute atomic E-state index is 0.611. The fraction of sp³-hybridized carbons (Fsp3) is 0.571. The summed E-state index contributed by atoms with van der Waals surface area (Å²) in [5, 5.41) is 4.16. The van der Waals surface area contributed by atoms with E-state index in [0.717, 1.165) is 42.2 Å². The molecule has 18 heavy (non-hydrogen) atoms. The van der Waals surface area contributed by atoms with Crippen LogP contribution in [-0.2, 0) is 11.3 Å². The standard InChI is InChI=1S/C14H21BrClNO/c1-11(2)10-18-7-3-6-17-9-12-8-13(16)4-5-14(12)15/h4-5,8,11,17H,3,6-7,9-10H2,1-2H3. The molecule has 0 saturated heterocycles. The molecule has 0 spiro atoms. The van der Waals surface area contributed by atoms with Crippen molar-refractivity contribution >= 4 is 27.5 Å². The summed E-state index contributed by atoms with van der Waals surface area (Å²) >= 11 is 9.48. The first-order valence-corrected chi connectivity index (χ1v) is 7.49. The minimum atomic E-state index is 0.611. The lowest BCUT2D eigenvalue weighted by atomic mass is 10.2. The number of hydrogen-bond acceptors (Lipinski definition) is 2. The second kappa shape index (κ2) is 8.92. The van der Waals surface area contributed by atoms with Crippen LogP contribution in [0.15, 0.2) is 22.7 Å². The number of ether oxygens (including phenoxy) is 1. The summed E-state index contributed by atoms with van der Waals surface area (Å²) in [6, 6.07) is 5.84. The molecule has 0 unspecified atom stereocenters. The maximum Gasteiger partial charge on any atom is 0.0489 e. The molecule has 102 valence electrons. The molecular formula is C14H21BrClNO. The molecule has 0 radical (unpaired) electrons. The molecule has 0 aliphatic heterocycles. The smallest absolute Gasteiger partial charge is 0.0489 e. The first-order chi connectivity index (χ1) is 8.59. The zero-order valence-corrected chi connectivity index (χ0v) is 13.4. The molecule has 1 aromatic rings. The molecule has 0 bridgehead atoms. The maximum absolute atomic E-state index is 5.96. The van der Waals surface area contributed by atoms with Crippen LogP contribution in [0.3, 0.4) is 0 Å². The predicted octanol–water partition coefficient (Wildman–Crippen LogP) is 4.25. The number of rotatable bonds is 8. The Kier molecular flexibility index (Phi) is 7.91. The van der Waals surface area contributed by atoms with Crippen molar-refractivity contribution in [3.8, 4) is 0 Å². The molecule has 1 aromatic carbocycles. The largest absolute Gasteiger partial charge is 0.381 e. The average molecular weight is 335 g/mol. The molecule has 4 heteroatoms. The van der Waals surface area contributed by atoms with Crippen molar-refractivity contribution in [1.29, 1.82) is 0 Å². The van der Waals surface area contributed by atoms with E-state index in [-0.39, 0.29) is 0 Å². The monoisotopic (exact) mass is 333 g/mol. The van der Waals surface area contributed by atoms with Gasteiger partial charge in [0.15, 0.2) is 0 Å². The number of hydrogen-bond donors (Lipinski definition) is 1. The molecule has 0 aromatic heterocycles. The summed E-state index contributed by atoms with van der Waals surface area (Å²) in [6.45, 7) is 7.77. The lowest BCUT2D eigenvalue weighted by Crippen LogP contribution is -2.17. The van der Waals surface area contributed by atoms with Crippen LogP contribution in [0.4, 0.5) is 0 Å². The van der Waals surface area contributed by atoms with Crippen LogP contribution in [0.2, 0.25) is 5.02 Å². The normalized spacial score (nSPS) is 11.2. The van der Waals surface area contributed by atoms with Crippen LogP contribution in [0, 0.1) is 5.92 Å². The van der Waals surface area contributed by atoms with E-state index in [0.29, 0.717) is 5.92 Å². The van der Waals surface area contributed by atoms with Crippen molar-refractivity contribution < 1.29 is 4.74 Å². The van der Waals surface area contributed by atoms with Gasteiger partial charge in [0.1, 0.15) is 0 Å². The molecule has 0 aliphatic carbocycles. The van der Waals surface area contributed by atoms with Gasteiger partial charge in [-0.1, -0.05) is 41.4 Å². The molecule has 0 amide bonds. The summed E-state index contributed by atoms with van der Waals surface area (Å²) in [6.07, 6.45) is 1.03. The van der Waals surface area contributed by atoms with E-state index in [1.165, 1.54) is 5.56 Å². The summed E-state index contributed by atoms with van der Waals surface area (Å²) in [5.41, 5.74) is 1.19. The molecular weight excluding hydrogens is 314 g/mol. The third-order valence-corrected chi connectivity index (χ3v) is 3.43. The Hall–Kier alpha value is -0.0900.